The average molecular weight is 263 g/mol. The maximum absolute atomic E-state index is 12.3. The molecule has 100 valence electrons. The van der Waals surface area contributed by atoms with Gasteiger partial charge in [-0.3, -0.25) is 0 Å². The minimum Gasteiger partial charge on any atom is -0.379 e. The van der Waals surface area contributed by atoms with Gasteiger partial charge in [0.1, 0.15) is 0 Å². The molecule has 0 aliphatic carbocycles. The zero-order chi connectivity index (χ0) is 12.3. The normalized spacial score (nSPS) is 28.6. The first-order valence-electron chi connectivity index (χ1n) is 6.17. The van der Waals surface area contributed by atoms with Gasteiger partial charge in [-0.2, -0.15) is 17.0 Å². The second kappa shape index (κ2) is 5.62. The fraction of sp³-hybridized carbons (Fsp3) is 1.00. The zero-order valence-electron chi connectivity index (χ0n) is 10.0. The van der Waals surface area contributed by atoms with Gasteiger partial charge in [-0.15, -0.1) is 0 Å². The second-order valence-corrected chi connectivity index (χ2v) is 6.54. The summed E-state index contributed by atoms with van der Waals surface area (Å²) in [5, 5.41) is 0. The van der Waals surface area contributed by atoms with Crippen molar-refractivity contribution in [2.24, 2.45) is 11.7 Å². The summed E-state index contributed by atoms with van der Waals surface area (Å²) in [5.74, 6) is 0.427. The molecule has 2 heterocycles. The molecule has 0 radical (unpaired) electrons. The van der Waals surface area contributed by atoms with Gasteiger partial charge in [0.15, 0.2) is 0 Å². The monoisotopic (exact) mass is 263 g/mol. The molecule has 0 amide bonds. The van der Waals surface area contributed by atoms with E-state index in [4.69, 9.17) is 10.5 Å². The molecular weight excluding hydrogens is 242 g/mol. The minimum atomic E-state index is -3.27. The summed E-state index contributed by atoms with van der Waals surface area (Å²) < 4.78 is 32.9. The van der Waals surface area contributed by atoms with Gasteiger partial charge in [-0.05, 0) is 25.3 Å². The summed E-state index contributed by atoms with van der Waals surface area (Å²) in [4.78, 5) is 0. The topological polar surface area (TPSA) is 75.9 Å². The van der Waals surface area contributed by atoms with Crippen molar-refractivity contribution < 1.29 is 13.2 Å². The van der Waals surface area contributed by atoms with Crippen molar-refractivity contribution in [3.8, 4) is 0 Å². The maximum Gasteiger partial charge on any atom is 0.282 e. The van der Waals surface area contributed by atoms with Crippen LogP contribution < -0.4 is 5.73 Å². The van der Waals surface area contributed by atoms with Crippen LogP contribution in [0.5, 0.6) is 0 Å². The van der Waals surface area contributed by atoms with Crippen LogP contribution in [0.2, 0.25) is 0 Å². The largest absolute Gasteiger partial charge is 0.379 e. The molecule has 7 heteroatoms. The molecule has 17 heavy (non-hydrogen) atoms. The molecule has 0 aromatic rings. The lowest BCUT2D eigenvalue weighted by atomic mass is 10.1. The van der Waals surface area contributed by atoms with Crippen molar-refractivity contribution in [3.05, 3.63) is 0 Å². The highest BCUT2D eigenvalue weighted by atomic mass is 32.2. The molecule has 2 aliphatic rings. The van der Waals surface area contributed by atoms with Crippen molar-refractivity contribution in [1.29, 1.82) is 0 Å². The predicted octanol–water partition coefficient (Wildman–Crippen LogP) is -0.766. The Bertz CT molecular complexity index is 341. The summed E-state index contributed by atoms with van der Waals surface area (Å²) in [6, 6.07) is 0. The third-order valence-corrected chi connectivity index (χ3v) is 5.45. The first-order valence-corrected chi connectivity index (χ1v) is 7.57. The van der Waals surface area contributed by atoms with Crippen LogP contribution in [0.15, 0.2) is 0 Å². The van der Waals surface area contributed by atoms with Crippen molar-refractivity contribution >= 4 is 10.2 Å². The Labute approximate surface area is 103 Å². The second-order valence-electron chi connectivity index (χ2n) is 4.61. The predicted molar refractivity (Wildman–Crippen MR) is 64.7 cm³/mol. The van der Waals surface area contributed by atoms with Crippen molar-refractivity contribution in [3.63, 3.8) is 0 Å². The highest BCUT2D eigenvalue weighted by molar-refractivity contribution is 7.86. The summed E-state index contributed by atoms with van der Waals surface area (Å²) in [7, 11) is -3.27. The summed E-state index contributed by atoms with van der Waals surface area (Å²) >= 11 is 0. The summed E-state index contributed by atoms with van der Waals surface area (Å²) in [6.07, 6.45) is 1.84. The van der Waals surface area contributed by atoms with Crippen LogP contribution >= 0.6 is 0 Å². The average Bonchev–Trinajstić information content (AvgIpc) is 2.80. The van der Waals surface area contributed by atoms with Gasteiger partial charge in [-0.25, -0.2) is 0 Å². The quantitative estimate of drug-likeness (QED) is 0.723. The van der Waals surface area contributed by atoms with Crippen molar-refractivity contribution in [1.82, 2.24) is 8.61 Å². The molecule has 1 unspecified atom stereocenters. The van der Waals surface area contributed by atoms with Gasteiger partial charge >= 0.3 is 0 Å². The Hall–Kier alpha value is -0.210. The van der Waals surface area contributed by atoms with E-state index >= 15 is 0 Å². The van der Waals surface area contributed by atoms with Gasteiger partial charge in [0.05, 0.1) is 13.2 Å². The molecule has 0 saturated carbocycles. The Balaban J connectivity index is 1.96. The molecule has 2 saturated heterocycles. The third-order valence-electron chi connectivity index (χ3n) is 3.45. The first kappa shape index (κ1) is 13.2. The van der Waals surface area contributed by atoms with Crippen LogP contribution in [0, 0.1) is 5.92 Å². The van der Waals surface area contributed by atoms with E-state index in [9.17, 15) is 8.42 Å². The molecular formula is C10H21N3O3S. The van der Waals surface area contributed by atoms with E-state index in [0.29, 0.717) is 51.9 Å². The fourth-order valence-corrected chi connectivity index (χ4v) is 4.09. The molecule has 2 N–H and O–H groups in total. The van der Waals surface area contributed by atoms with E-state index in [-0.39, 0.29) is 0 Å². The number of hydrogen-bond acceptors (Lipinski definition) is 4. The minimum absolute atomic E-state index is 0.427. The smallest absolute Gasteiger partial charge is 0.282 e. The van der Waals surface area contributed by atoms with E-state index in [1.165, 1.54) is 4.31 Å². The lowest BCUT2D eigenvalue weighted by molar-refractivity contribution is 0.0705. The highest BCUT2D eigenvalue weighted by Crippen LogP contribution is 2.23. The van der Waals surface area contributed by atoms with Gasteiger partial charge in [-0.1, -0.05) is 0 Å². The lowest BCUT2D eigenvalue weighted by Gasteiger charge is -2.30. The Morgan fingerprint density at radius 2 is 1.88 bits per heavy atom. The lowest BCUT2D eigenvalue weighted by Crippen LogP contribution is -2.47. The Morgan fingerprint density at radius 3 is 2.53 bits per heavy atom. The van der Waals surface area contributed by atoms with Crippen LogP contribution in [0.4, 0.5) is 0 Å². The van der Waals surface area contributed by atoms with Crippen LogP contribution in [-0.4, -0.2) is 63.0 Å². The summed E-state index contributed by atoms with van der Waals surface area (Å²) in [5.41, 5.74) is 5.51. The van der Waals surface area contributed by atoms with Crippen LogP contribution in [0.3, 0.4) is 0 Å². The van der Waals surface area contributed by atoms with Crippen molar-refractivity contribution in [2.75, 3.05) is 45.9 Å². The molecule has 0 aromatic heterocycles. The third kappa shape index (κ3) is 2.97. The first-order chi connectivity index (χ1) is 8.14. The maximum atomic E-state index is 12.3. The number of rotatable bonds is 4. The Morgan fingerprint density at radius 1 is 1.18 bits per heavy atom. The van der Waals surface area contributed by atoms with Gasteiger partial charge in [0, 0.05) is 26.2 Å². The van der Waals surface area contributed by atoms with E-state index in [1.54, 1.807) is 4.31 Å². The Kier molecular flexibility index (Phi) is 4.37. The van der Waals surface area contributed by atoms with E-state index in [1.807, 2.05) is 0 Å². The standard InChI is InChI=1S/C10H21N3O3S/c11-3-1-10-2-4-13(9-10)17(14,15)12-5-7-16-8-6-12/h10H,1-9,11H2. The number of nitrogens with zero attached hydrogens (tertiary/aromatic N) is 2. The van der Waals surface area contributed by atoms with Crippen molar-refractivity contribution in [2.45, 2.75) is 12.8 Å². The van der Waals surface area contributed by atoms with E-state index in [0.717, 1.165) is 12.8 Å². The van der Waals surface area contributed by atoms with Crippen LogP contribution in [0.1, 0.15) is 12.8 Å². The van der Waals surface area contributed by atoms with Gasteiger partial charge < -0.3 is 10.5 Å². The van der Waals surface area contributed by atoms with Crippen LogP contribution in [0.25, 0.3) is 0 Å². The molecule has 2 fully saturated rings. The zero-order valence-corrected chi connectivity index (χ0v) is 10.9. The molecule has 0 aromatic carbocycles. The SMILES string of the molecule is NCCC1CCN(S(=O)(=O)N2CCOCC2)C1. The number of morpholine rings is 1. The number of nitrogens with two attached hydrogens (primary N) is 1. The molecule has 0 spiro atoms. The van der Waals surface area contributed by atoms with Gasteiger partial charge in [0.2, 0.25) is 0 Å². The van der Waals surface area contributed by atoms with E-state index in [2.05, 4.69) is 0 Å². The number of hydrogen-bond donors (Lipinski definition) is 1. The molecule has 0 bridgehead atoms. The molecule has 2 aliphatic heterocycles. The molecule has 1 atom stereocenters. The fourth-order valence-electron chi connectivity index (χ4n) is 2.42. The number of ether oxygens (including phenoxy) is 1. The van der Waals surface area contributed by atoms with Gasteiger partial charge in [0.25, 0.3) is 10.2 Å². The molecule has 6 nitrogen and oxygen atoms in total. The van der Waals surface area contributed by atoms with E-state index < -0.39 is 10.2 Å². The summed E-state index contributed by atoms with van der Waals surface area (Å²) in [6.45, 7) is 3.83. The highest BCUT2D eigenvalue weighted by Gasteiger charge is 2.35. The molecule has 2 rings (SSSR count). The van der Waals surface area contributed by atoms with Crippen LogP contribution in [-0.2, 0) is 14.9 Å².